The van der Waals surface area contributed by atoms with Gasteiger partial charge in [0.2, 0.25) is 0 Å². The van der Waals surface area contributed by atoms with Crippen LogP contribution in [0.1, 0.15) is 24.6 Å². The maximum atomic E-state index is 4.64. The Labute approximate surface area is 124 Å². The van der Waals surface area contributed by atoms with Gasteiger partial charge in [-0.05, 0) is 0 Å². The fourth-order valence-corrected chi connectivity index (χ4v) is 5.55. The van der Waals surface area contributed by atoms with Gasteiger partial charge in [-0.3, -0.25) is 0 Å². The van der Waals surface area contributed by atoms with Crippen LogP contribution in [0, 0.1) is 0 Å². The molecule has 0 N–H and O–H groups in total. The first-order chi connectivity index (χ1) is 8.70. The monoisotopic (exact) mass is 418 g/mol. The van der Waals surface area contributed by atoms with Gasteiger partial charge in [0.15, 0.2) is 0 Å². The Hall–Kier alpha value is -0.132. The normalized spacial score (nSPS) is 24.2. The molecule has 0 bridgehead atoms. The summed E-state index contributed by atoms with van der Waals surface area (Å²) in [5.41, 5.74) is 1.22. The Balaban J connectivity index is 1.91. The zero-order valence-corrected chi connectivity index (χ0v) is 14.7. The third kappa shape index (κ3) is 2.10. The molecule has 0 spiro atoms. The van der Waals surface area contributed by atoms with Gasteiger partial charge in [-0.1, -0.05) is 0 Å². The van der Waals surface area contributed by atoms with E-state index in [9.17, 15) is 0 Å². The first-order valence-corrected chi connectivity index (χ1v) is 13.5. The molecule has 2 aromatic heterocycles. The molecule has 0 amide bonds. The van der Waals surface area contributed by atoms with Crippen LogP contribution in [0.25, 0.3) is 5.52 Å². The second-order valence-electron chi connectivity index (χ2n) is 5.03. The van der Waals surface area contributed by atoms with Crippen molar-refractivity contribution >= 4 is 42.5 Å². The second kappa shape index (κ2) is 5.10. The van der Waals surface area contributed by atoms with Gasteiger partial charge in [-0.25, -0.2) is 0 Å². The summed E-state index contributed by atoms with van der Waals surface area (Å²) in [5, 5.41) is 0. The summed E-state index contributed by atoms with van der Waals surface area (Å²) in [7, 11) is 4.32. The van der Waals surface area contributed by atoms with E-state index >= 15 is 0 Å². The molecule has 96 valence electrons. The number of nitrogens with zero attached hydrogens (tertiary/aromatic N) is 4. The summed E-state index contributed by atoms with van der Waals surface area (Å²) < 4.78 is 3.50. The number of fused-ring (bicyclic) bond motifs is 1. The van der Waals surface area contributed by atoms with Crippen molar-refractivity contribution in [2.75, 3.05) is 14.1 Å². The van der Waals surface area contributed by atoms with Crippen LogP contribution in [0.5, 0.6) is 0 Å². The van der Waals surface area contributed by atoms with Crippen LogP contribution >= 0.6 is 20.1 Å². The average Bonchev–Trinajstić information content (AvgIpc) is 2.70. The molecular formula is C12H16AsIN4. The van der Waals surface area contributed by atoms with Gasteiger partial charge in [0.1, 0.15) is 0 Å². The van der Waals surface area contributed by atoms with Gasteiger partial charge in [0.05, 0.1) is 0 Å². The van der Waals surface area contributed by atoms with Crippen molar-refractivity contribution < 1.29 is 0 Å². The van der Waals surface area contributed by atoms with Crippen LogP contribution in [0.4, 0.5) is 0 Å². The first kappa shape index (κ1) is 12.9. The van der Waals surface area contributed by atoms with E-state index in [2.05, 4.69) is 59.7 Å². The number of hydrogen-bond acceptors (Lipinski definition) is 3. The van der Waals surface area contributed by atoms with E-state index in [-0.39, 0.29) is 12.4 Å². The SMILES string of the molecule is CN(C)C1CC(c2ncc3c([AsH]I)nccn23)C1. The topological polar surface area (TPSA) is 33.4 Å². The number of aromatic nitrogens is 3. The fraction of sp³-hybridized carbons (Fsp3) is 0.500. The molecule has 1 fully saturated rings. The summed E-state index contributed by atoms with van der Waals surface area (Å²) in [4.78, 5) is 11.4. The van der Waals surface area contributed by atoms with Crippen molar-refractivity contribution in [3.05, 3.63) is 24.4 Å². The first-order valence-electron chi connectivity index (χ1n) is 6.05. The van der Waals surface area contributed by atoms with Crippen molar-refractivity contribution in [3.63, 3.8) is 0 Å². The van der Waals surface area contributed by atoms with Crippen LogP contribution in [0.2, 0.25) is 0 Å². The van der Waals surface area contributed by atoms with Gasteiger partial charge in [0, 0.05) is 0 Å². The Kier molecular flexibility index (Phi) is 3.65. The number of rotatable bonds is 3. The Bertz CT molecular complexity index is 562. The van der Waals surface area contributed by atoms with Gasteiger partial charge in [0.25, 0.3) is 0 Å². The van der Waals surface area contributed by atoms with Crippen LogP contribution < -0.4 is 4.48 Å². The minimum absolute atomic E-state index is 0.144. The summed E-state index contributed by atoms with van der Waals surface area (Å²) >= 11 is 2.33. The summed E-state index contributed by atoms with van der Waals surface area (Å²) in [6, 6.07) is 0.724. The molecule has 1 saturated carbocycles. The molecule has 2 aromatic rings. The molecule has 1 aliphatic carbocycles. The van der Waals surface area contributed by atoms with Gasteiger partial charge in [-0.2, -0.15) is 0 Å². The Morgan fingerprint density at radius 1 is 1.39 bits per heavy atom. The fourth-order valence-electron chi connectivity index (χ4n) is 2.54. The molecule has 18 heavy (non-hydrogen) atoms. The average molecular weight is 418 g/mol. The quantitative estimate of drug-likeness (QED) is 0.550. The molecule has 3 rings (SSSR count). The molecular weight excluding hydrogens is 402 g/mol. The van der Waals surface area contributed by atoms with Crippen molar-refractivity contribution in [3.8, 4) is 0 Å². The minimum atomic E-state index is -0.144. The van der Waals surface area contributed by atoms with E-state index in [0.29, 0.717) is 5.92 Å². The third-order valence-corrected chi connectivity index (χ3v) is 7.62. The zero-order valence-electron chi connectivity index (χ0n) is 10.5. The Morgan fingerprint density at radius 2 is 2.17 bits per heavy atom. The van der Waals surface area contributed by atoms with Crippen LogP contribution in [0.3, 0.4) is 0 Å². The zero-order chi connectivity index (χ0) is 12.7. The summed E-state index contributed by atoms with van der Waals surface area (Å²) in [5.74, 6) is 1.84. The molecule has 6 heteroatoms. The van der Waals surface area contributed by atoms with Crippen molar-refractivity contribution in [1.29, 1.82) is 0 Å². The van der Waals surface area contributed by atoms with E-state index in [0.717, 1.165) is 6.04 Å². The second-order valence-corrected chi connectivity index (χ2v) is 9.22. The Morgan fingerprint density at radius 3 is 2.83 bits per heavy atom. The molecule has 1 unspecified atom stereocenters. The summed E-state index contributed by atoms with van der Waals surface area (Å²) in [6.45, 7) is 0. The van der Waals surface area contributed by atoms with E-state index < -0.39 is 0 Å². The van der Waals surface area contributed by atoms with Crippen LogP contribution in [-0.4, -0.2) is 51.8 Å². The van der Waals surface area contributed by atoms with Gasteiger partial charge < -0.3 is 0 Å². The van der Waals surface area contributed by atoms with E-state index in [1.165, 1.54) is 28.7 Å². The van der Waals surface area contributed by atoms with Crippen LogP contribution in [0.15, 0.2) is 18.6 Å². The molecule has 2 heterocycles. The molecule has 1 aliphatic rings. The van der Waals surface area contributed by atoms with Crippen LogP contribution in [-0.2, 0) is 0 Å². The number of halogens is 1. The molecule has 0 aromatic carbocycles. The van der Waals surface area contributed by atoms with E-state index in [1.54, 1.807) is 0 Å². The standard InChI is InChI=1S/C12H16AsIN4/c1-17(2)9-5-8(6-9)12-16-7-10-11(13-14)15-3-4-18(10)12/h3-4,7-9,13H,5-6H2,1-2H3. The van der Waals surface area contributed by atoms with E-state index in [1.807, 2.05) is 12.4 Å². The predicted octanol–water partition coefficient (Wildman–Crippen LogP) is 0.949. The number of imidazole rings is 1. The van der Waals surface area contributed by atoms with Crippen molar-refractivity contribution in [2.45, 2.75) is 24.8 Å². The van der Waals surface area contributed by atoms with Gasteiger partial charge >= 0.3 is 125 Å². The molecule has 0 radical (unpaired) electrons. The molecule has 4 nitrogen and oxygen atoms in total. The molecule has 1 atom stereocenters. The summed E-state index contributed by atoms with van der Waals surface area (Å²) in [6.07, 6.45) is 8.43. The van der Waals surface area contributed by atoms with Gasteiger partial charge in [-0.15, -0.1) is 0 Å². The maximum absolute atomic E-state index is 4.64. The molecule has 0 aliphatic heterocycles. The van der Waals surface area contributed by atoms with Crippen molar-refractivity contribution in [2.24, 2.45) is 0 Å². The van der Waals surface area contributed by atoms with E-state index in [4.69, 9.17) is 0 Å². The predicted molar refractivity (Wildman–Crippen MR) is 83.2 cm³/mol. The number of hydrogen-bond donors (Lipinski definition) is 0. The molecule has 0 saturated heterocycles. The van der Waals surface area contributed by atoms with Crippen molar-refractivity contribution in [1.82, 2.24) is 19.3 Å². The third-order valence-electron chi connectivity index (χ3n) is 3.79.